The zero-order chi connectivity index (χ0) is 8.32. The summed E-state index contributed by atoms with van der Waals surface area (Å²) in [6, 6.07) is 0. The van der Waals surface area contributed by atoms with Crippen LogP contribution in [0.2, 0.25) is 0 Å². The van der Waals surface area contributed by atoms with Crippen LogP contribution in [0.5, 0.6) is 0 Å². The van der Waals surface area contributed by atoms with Crippen molar-refractivity contribution < 1.29 is 14.6 Å². The summed E-state index contributed by atoms with van der Waals surface area (Å²) in [6.07, 6.45) is 3.50. The van der Waals surface area contributed by atoms with Crippen molar-refractivity contribution in [2.24, 2.45) is 0 Å². The van der Waals surface area contributed by atoms with Crippen LogP contribution in [0.15, 0.2) is 12.7 Å². The maximum atomic E-state index is 10.3. The normalized spacial score (nSPS) is 19.3. The number of ether oxygens (including phenoxy) is 1. The fraction of sp³-hybridized carbons (Fsp3) is 0.625. The molecule has 0 aromatic carbocycles. The molecule has 0 aromatic heterocycles. The number of hydrogen-bond acceptors (Lipinski definition) is 2. The minimum Gasteiger partial charge on any atom is -0.481 e. The molecule has 3 nitrogen and oxygen atoms in total. The fourth-order valence-corrected chi connectivity index (χ4v) is 1.02. The van der Waals surface area contributed by atoms with Crippen LogP contribution >= 0.6 is 0 Å². The monoisotopic (exact) mass is 156 g/mol. The lowest BCUT2D eigenvalue weighted by molar-refractivity contribution is -0.140. The van der Waals surface area contributed by atoms with Crippen molar-refractivity contribution in [3.8, 4) is 0 Å². The van der Waals surface area contributed by atoms with Crippen LogP contribution in [-0.4, -0.2) is 23.3 Å². The van der Waals surface area contributed by atoms with Gasteiger partial charge in [-0.15, -0.1) is 6.58 Å². The Bertz CT molecular complexity index is 170. The van der Waals surface area contributed by atoms with Gasteiger partial charge in [0, 0.05) is 0 Å². The molecule has 0 radical (unpaired) electrons. The smallest absolute Gasteiger partial charge is 0.306 e. The van der Waals surface area contributed by atoms with E-state index in [2.05, 4.69) is 6.58 Å². The van der Waals surface area contributed by atoms with Crippen LogP contribution in [0.1, 0.15) is 19.3 Å². The SMILES string of the molecule is C=CCOC1(CC(=O)O)CC1. The summed E-state index contributed by atoms with van der Waals surface area (Å²) < 4.78 is 5.30. The van der Waals surface area contributed by atoms with Crippen molar-refractivity contribution in [1.29, 1.82) is 0 Å². The Morgan fingerprint density at radius 1 is 1.73 bits per heavy atom. The molecule has 0 unspecified atom stereocenters. The van der Waals surface area contributed by atoms with Gasteiger partial charge >= 0.3 is 5.97 Å². The van der Waals surface area contributed by atoms with Gasteiger partial charge in [-0.3, -0.25) is 4.79 Å². The van der Waals surface area contributed by atoms with Crippen LogP contribution in [0.4, 0.5) is 0 Å². The van der Waals surface area contributed by atoms with Gasteiger partial charge in [0.1, 0.15) is 0 Å². The van der Waals surface area contributed by atoms with Crippen molar-refractivity contribution in [1.82, 2.24) is 0 Å². The maximum absolute atomic E-state index is 10.3. The predicted molar refractivity (Wildman–Crippen MR) is 40.4 cm³/mol. The molecule has 1 aliphatic carbocycles. The minimum atomic E-state index is -0.786. The van der Waals surface area contributed by atoms with Crippen LogP contribution in [0, 0.1) is 0 Å². The molecule has 1 rings (SSSR count). The van der Waals surface area contributed by atoms with Gasteiger partial charge in [-0.25, -0.2) is 0 Å². The van der Waals surface area contributed by atoms with E-state index >= 15 is 0 Å². The summed E-state index contributed by atoms with van der Waals surface area (Å²) in [5.41, 5.74) is -0.347. The molecule has 1 aliphatic rings. The zero-order valence-electron chi connectivity index (χ0n) is 6.38. The van der Waals surface area contributed by atoms with Gasteiger partial charge in [0.05, 0.1) is 18.6 Å². The molecule has 3 heteroatoms. The lowest BCUT2D eigenvalue weighted by Crippen LogP contribution is -2.18. The van der Waals surface area contributed by atoms with E-state index in [9.17, 15) is 4.79 Å². The number of rotatable bonds is 5. The van der Waals surface area contributed by atoms with Crippen molar-refractivity contribution in [2.45, 2.75) is 24.9 Å². The fourth-order valence-electron chi connectivity index (χ4n) is 1.02. The molecule has 0 aliphatic heterocycles. The highest BCUT2D eigenvalue weighted by Crippen LogP contribution is 2.42. The predicted octanol–water partition coefficient (Wildman–Crippen LogP) is 1.20. The van der Waals surface area contributed by atoms with Crippen LogP contribution in [0.3, 0.4) is 0 Å². The molecule has 0 saturated heterocycles. The zero-order valence-corrected chi connectivity index (χ0v) is 6.38. The average molecular weight is 156 g/mol. The van der Waals surface area contributed by atoms with Crippen molar-refractivity contribution in [3.63, 3.8) is 0 Å². The first kappa shape index (κ1) is 8.27. The van der Waals surface area contributed by atoms with Gasteiger partial charge < -0.3 is 9.84 Å². The first-order valence-corrected chi connectivity index (χ1v) is 3.65. The second-order valence-corrected chi connectivity index (χ2v) is 2.85. The summed E-state index contributed by atoms with van der Waals surface area (Å²) in [7, 11) is 0. The molecule has 0 atom stereocenters. The van der Waals surface area contributed by atoms with Gasteiger partial charge in [-0.05, 0) is 12.8 Å². The Kier molecular flexibility index (Phi) is 2.29. The van der Waals surface area contributed by atoms with Gasteiger partial charge in [0.15, 0.2) is 0 Å². The Morgan fingerprint density at radius 3 is 2.73 bits per heavy atom. The highest BCUT2D eigenvalue weighted by Gasteiger charge is 2.45. The lowest BCUT2D eigenvalue weighted by Gasteiger charge is -2.11. The standard InChI is InChI=1S/C8H12O3/c1-2-5-11-8(3-4-8)6-7(9)10/h2H,1,3-6H2,(H,9,10). The van der Waals surface area contributed by atoms with Crippen LogP contribution in [0.25, 0.3) is 0 Å². The molecule has 0 aromatic rings. The van der Waals surface area contributed by atoms with Crippen molar-refractivity contribution in [2.75, 3.05) is 6.61 Å². The number of carboxylic acid groups (broad SMARTS) is 1. The summed E-state index contributed by atoms with van der Waals surface area (Å²) in [5, 5.41) is 8.48. The van der Waals surface area contributed by atoms with E-state index in [4.69, 9.17) is 9.84 Å². The molecule has 11 heavy (non-hydrogen) atoms. The quantitative estimate of drug-likeness (QED) is 0.608. The van der Waals surface area contributed by atoms with Crippen LogP contribution < -0.4 is 0 Å². The highest BCUT2D eigenvalue weighted by atomic mass is 16.5. The van der Waals surface area contributed by atoms with Gasteiger partial charge in [-0.2, -0.15) is 0 Å². The summed E-state index contributed by atoms with van der Waals surface area (Å²) in [5.74, 6) is -0.786. The lowest BCUT2D eigenvalue weighted by atomic mass is 10.2. The second kappa shape index (κ2) is 3.05. The second-order valence-electron chi connectivity index (χ2n) is 2.85. The highest BCUT2D eigenvalue weighted by molar-refractivity contribution is 5.68. The van der Waals surface area contributed by atoms with E-state index in [0.717, 1.165) is 12.8 Å². The van der Waals surface area contributed by atoms with E-state index in [1.807, 2.05) is 0 Å². The molecule has 1 saturated carbocycles. The number of hydrogen-bond donors (Lipinski definition) is 1. The Balaban J connectivity index is 2.28. The largest absolute Gasteiger partial charge is 0.481 e. The van der Waals surface area contributed by atoms with E-state index < -0.39 is 5.97 Å². The van der Waals surface area contributed by atoms with E-state index in [-0.39, 0.29) is 12.0 Å². The minimum absolute atomic E-state index is 0.126. The summed E-state index contributed by atoms with van der Waals surface area (Å²) in [6.45, 7) is 3.95. The van der Waals surface area contributed by atoms with Crippen molar-refractivity contribution >= 4 is 5.97 Å². The molecular formula is C8H12O3. The van der Waals surface area contributed by atoms with Gasteiger partial charge in [0.2, 0.25) is 0 Å². The molecule has 0 amide bonds. The first-order valence-electron chi connectivity index (χ1n) is 3.65. The Labute approximate surface area is 65.7 Å². The number of carboxylic acids is 1. The Morgan fingerprint density at radius 2 is 2.36 bits per heavy atom. The number of aliphatic carboxylic acids is 1. The van der Waals surface area contributed by atoms with Gasteiger partial charge in [0.25, 0.3) is 0 Å². The first-order chi connectivity index (χ1) is 5.18. The third kappa shape index (κ3) is 2.35. The molecule has 62 valence electrons. The molecule has 1 N–H and O–H groups in total. The van der Waals surface area contributed by atoms with E-state index in [0.29, 0.717) is 6.61 Å². The third-order valence-electron chi connectivity index (χ3n) is 1.79. The third-order valence-corrected chi connectivity index (χ3v) is 1.79. The number of carbonyl (C=O) groups is 1. The molecular weight excluding hydrogens is 144 g/mol. The molecule has 0 heterocycles. The Hall–Kier alpha value is -0.830. The average Bonchev–Trinajstić information content (AvgIpc) is 2.64. The van der Waals surface area contributed by atoms with E-state index in [1.165, 1.54) is 0 Å². The summed E-state index contributed by atoms with van der Waals surface area (Å²) in [4.78, 5) is 10.3. The summed E-state index contributed by atoms with van der Waals surface area (Å²) >= 11 is 0. The molecule has 0 spiro atoms. The maximum Gasteiger partial charge on any atom is 0.306 e. The topological polar surface area (TPSA) is 46.5 Å². The van der Waals surface area contributed by atoms with Crippen molar-refractivity contribution in [3.05, 3.63) is 12.7 Å². The van der Waals surface area contributed by atoms with E-state index in [1.54, 1.807) is 6.08 Å². The molecule has 1 fully saturated rings. The van der Waals surface area contributed by atoms with Crippen LogP contribution in [-0.2, 0) is 9.53 Å². The molecule has 0 bridgehead atoms. The van der Waals surface area contributed by atoms with Gasteiger partial charge in [-0.1, -0.05) is 6.08 Å².